The fourth-order valence-electron chi connectivity index (χ4n) is 2.16. The number of carboxylic acids is 1. The third-order valence-electron chi connectivity index (χ3n) is 3.29. The Morgan fingerprint density at radius 1 is 1.28 bits per heavy atom. The SMILES string of the molecule is O=C(O)CCN(C(=O)N1CCCSCC1)C1CC1. The van der Waals surface area contributed by atoms with Gasteiger partial charge >= 0.3 is 12.0 Å². The third kappa shape index (κ3) is 3.80. The summed E-state index contributed by atoms with van der Waals surface area (Å²) < 4.78 is 0. The Bertz CT molecular complexity index is 312. The van der Waals surface area contributed by atoms with Crippen LogP contribution in [0.5, 0.6) is 0 Å². The Morgan fingerprint density at radius 3 is 2.72 bits per heavy atom. The maximum atomic E-state index is 12.4. The average molecular weight is 272 g/mol. The average Bonchev–Trinajstić information content (AvgIpc) is 3.15. The lowest BCUT2D eigenvalue weighted by Crippen LogP contribution is -2.46. The summed E-state index contributed by atoms with van der Waals surface area (Å²) in [5.74, 6) is 1.27. The van der Waals surface area contributed by atoms with Gasteiger partial charge in [-0.15, -0.1) is 0 Å². The number of rotatable bonds is 4. The van der Waals surface area contributed by atoms with Crippen LogP contribution in [0.1, 0.15) is 25.7 Å². The van der Waals surface area contributed by atoms with E-state index in [0.717, 1.165) is 43.9 Å². The molecular weight excluding hydrogens is 252 g/mol. The van der Waals surface area contributed by atoms with Crippen LogP contribution in [0.25, 0.3) is 0 Å². The predicted molar refractivity (Wildman–Crippen MR) is 70.9 cm³/mol. The van der Waals surface area contributed by atoms with Crippen LogP contribution < -0.4 is 0 Å². The molecule has 1 aliphatic carbocycles. The van der Waals surface area contributed by atoms with E-state index >= 15 is 0 Å². The van der Waals surface area contributed by atoms with Gasteiger partial charge in [0.05, 0.1) is 6.42 Å². The molecule has 1 N–H and O–H groups in total. The number of thioether (sulfide) groups is 1. The zero-order valence-electron chi connectivity index (χ0n) is 10.5. The second kappa shape index (κ2) is 6.31. The summed E-state index contributed by atoms with van der Waals surface area (Å²) >= 11 is 1.88. The molecule has 0 aromatic heterocycles. The van der Waals surface area contributed by atoms with Crippen LogP contribution in [0, 0.1) is 0 Å². The number of carboxylic acid groups (broad SMARTS) is 1. The van der Waals surface area contributed by atoms with E-state index in [1.807, 2.05) is 16.7 Å². The maximum Gasteiger partial charge on any atom is 0.320 e. The van der Waals surface area contributed by atoms with Gasteiger partial charge in [0.15, 0.2) is 0 Å². The first-order valence-electron chi connectivity index (χ1n) is 6.53. The van der Waals surface area contributed by atoms with Gasteiger partial charge in [0.1, 0.15) is 0 Å². The lowest BCUT2D eigenvalue weighted by molar-refractivity contribution is -0.137. The van der Waals surface area contributed by atoms with E-state index in [9.17, 15) is 9.59 Å². The van der Waals surface area contributed by atoms with Crippen LogP contribution in [-0.4, -0.2) is 64.1 Å². The van der Waals surface area contributed by atoms with Crippen molar-refractivity contribution in [3.63, 3.8) is 0 Å². The van der Waals surface area contributed by atoms with E-state index < -0.39 is 5.97 Å². The first-order chi connectivity index (χ1) is 8.68. The summed E-state index contributed by atoms with van der Waals surface area (Å²) in [7, 11) is 0. The Hall–Kier alpha value is -0.910. The topological polar surface area (TPSA) is 60.9 Å². The molecule has 6 heteroatoms. The Balaban J connectivity index is 1.91. The molecule has 2 fully saturated rings. The number of hydrogen-bond acceptors (Lipinski definition) is 3. The molecule has 0 radical (unpaired) electrons. The molecule has 0 aromatic rings. The van der Waals surface area contributed by atoms with Crippen LogP contribution in [0.15, 0.2) is 0 Å². The van der Waals surface area contributed by atoms with Crippen molar-refractivity contribution in [2.24, 2.45) is 0 Å². The molecule has 5 nitrogen and oxygen atoms in total. The highest BCUT2D eigenvalue weighted by Crippen LogP contribution is 2.28. The molecule has 1 saturated heterocycles. The minimum absolute atomic E-state index is 0.0428. The number of urea groups is 1. The molecule has 0 aromatic carbocycles. The molecule has 0 unspecified atom stereocenters. The Kier molecular flexibility index (Phi) is 4.74. The highest BCUT2D eigenvalue weighted by molar-refractivity contribution is 7.99. The molecule has 2 rings (SSSR count). The van der Waals surface area contributed by atoms with Gasteiger partial charge in [-0.25, -0.2) is 4.79 Å². The van der Waals surface area contributed by atoms with E-state index in [4.69, 9.17) is 5.11 Å². The number of aliphatic carboxylic acids is 1. The molecule has 1 aliphatic heterocycles. The number of amides is 2. The molecule has 1 heterocycles. The lowest BCUT2D eigenvalue weighted by atomic mass is 10.3. The lowest BCUT2D eigenvalue weighted by Gasteiger charge is -2.29. The number of nitrogens with zero attached hydrogens (tertiary/aromatic N) is 2. The highest BCUT2D eigenvalue weighted by Gasteiger charge is 2.34. The summed E-state index contributed by atoms with van der Waals surface area (Å²) in [6.45, 7) is 1.95. The van der Waals surface area contributed by atoms with Crippen molar-refractivity contribution in [3.8, 4) is 0 Å². The highest BCUT2D eigenvalue weighted by atomic mass is 32.2. The molecular formula is C12H20N2O3S. The van der Waals surface area contributed by atoms with Crippen molar-refractivity contribution in [1.82, 2.24) is 9.80 Å². The summed E-state index contributed by atoms with van der Waals surface area (Å²) in [6, 6.07) is 0.328. The van der Waals surface area contributed by atoms with Gasteiger partial charge in [0.2, 0.25) is 0 Å². The first kappa shape index (κ1) is 13.5. The standard InChI is InChI=1S/C12H20N2O3S/c15-11(16)4-6-14(10-2-3-10)12(17)13-5-1-8-18-9-7-13/h10H,1-9H2,(H,15,16). The summed E-state index contributed by atoms with van der Waals surface area (Å²) in [5.41, 5.74) is 0. The minimum Gasteiger partial charge on any atom is -0.481 e. The van der Waals surface area contributed by atoms with Gasteiger partial charge in [0.25, 0.3) is 0 Å². The van der Waals surface area contributed by atoms with Crippen molar-refractivity contribution in [3.05, 3.63) is 0 Å². The molecule has 0 spiro atoms. The van der Waals surface area contributed by atoms with E-state index in [2.05, 4.69) is 0 Å². The molecule has 18 heavy (non-hydrogen) atoms. The van der Waals surface area contributed by atoms with Crippen LogP contribution in [0.4, 0.5) is 4.79 Å². The van der Waals surface area contributed by atoms with Gasteiger partial charge in [-0.3, -0.25) is 4.79 Å². The van der Waals surface area contributed by atoms with Crippen LogP contribution in [-0.2, 0) is 4.79 Å². The smallest absolute Gasteiger partial charge is 0.320 e. The molecule has 0 atom stereocenters. The minimum atomic E-state index is -0.833. The first-order valence-corrected chi connectivity index (χ1v) is 7.69. The van der Waals surface area contributed by atoms with E-state index in [0.29, 0.717) is 6.54 Å². The normalized spacial score (nSPS) is 20.3. The van der Waals surface area contributed by atoms with E-state index in [1.165, 1.54) is 0 Å². The van der Waals surface area contributed by atoms with Crippen LogP contribution in [0.2, 0.25) is 0 Å². The molecule has 2 amide bonds. The molecule has 2 aliphatic rings. The van der Waals surface area contributed by atoms with Crippen molar-refractivity contribution in [1.29, 1.82) is 0 Å². The molecule has 1 saturated carbocycles. The number of carbonyl (C=O) groups excluding carboxylic acids is 1. The van der Waals surface area contributed by atoms with Gasteiger partial charge in [-0.05, 0) is 25.0 Å². The number of hydrogen-bond donors (Lipinski definition) is 1. The van der Waals surface area contributed by atoms with Crippen molar-refractivity contribution < 1.29 is 14.7 Å². The predicted octanol–water partition coefficient (Wildman–Crippen LogP) is 1.48. The fraction of sp³-hybridized carbons (Fsp3) is 0.833. The van der Waals surface area contributed by atoms with Crippen molar-refractivity contribution >= 4 is 23.8 Å². The van der Waals surface area contributed by atoms with E-state index in [-0.39, 0.29) is 18.5 Å². The second-order valence-corrected chi connectivity index (χ2v) is 6.03. The van der Waals surface area contributed by atoms with E-state index in [1.54, 1.807) is 4.90 Å². The Labute approximate surface area is 112 Å². The zero-order chi connectivity index (χ0) is 13.0. The third-order valence-corrected chi connectivity index (χ3v) is 4.34. The molecule has 102 valence electrons. The number of carbonyl (C=O) groups is 2. The second-order valence-electron chi connectivity index (χ2n) is 4.80. The largest absolute Gasteiger partial charge is 0.481 e. The van der Waals surface area contributed by atoms with Crippen LogP contribution >= 0.6 is 11.8 Å². The monoisotopic (exact) mass is 272 g/mol. The van der Waals surface area contributed by atoms with Gasteiger partial charge in [0, 0.05) is 31.4 Å². The van der Waals surface area contributed by atoms with Gasteiger partial charge in [-0.1, -0.05) is 0 Å². The van der Waals surface area contributed by atoms with Gasteiger partial charge < -0.3 is 14.9 Å². The van der Waals surface area contributed by atoms with Gasteiger partial charge in [-0.2, -0.15) is 11.8 Å². The maximum absolute atomic E-state index is 12.4. The zero-order valence-corrected chi connectivity index (χ0v) is 11.3. The van der Waals surface area contributed by atoms with Crippen molar-refractivity contribution in [2.45, 2.75) is 31.7 Å². The molecule has 0 bridgehead atoms. The summed E-state index contributed by atoms with van der Waals surface area (Å²) in [6.07, 6.45) is 3.13. The van der Waals surface area contributed by atoms with Crippen molar-refractivity contribution in [2.75, 3.05) is 31.1 Å². The van der Waals surface area contributed by atoms with Crippen LogP contribution in [0.3, 0.4) is 0 Å². The summed E-state index contributed by atoms with van der Waals surface area (Å²) in [5, 5.41) is 8.75. The quantitative estimate of drug-likeness (QED) is 0.842. The fourth-order valence-corrected chi connectivity index (χ4v) is 3.04. The Morgan fingerprint density at radius 2 is 2.06 bits per heavy atom. The summed E-state index contributed by atoms with van der Waals surface area (Å²) in [4.78, 5) is 26.7.